The average molecular weight is 444 g/mol. The van der Waals surface area contributed by atoms with E-state index < -0.39 is 11.6 Å². The molecule has 31 heavy (non-hydrogen) atoms. The molecule has 0 atom stereocenters. The SMILES string of the molecule is CSc1nn(-c2cc(F)cc(F)c2)c2cc(N3CCN(C4CCNCC4)CC3)ccc12. The number of fused-ring (bicyclic) bond motifs is 1. The van der Waals surface area contributed by atoms with E-state index in [1.807, 2.05) is 6.26 Å². The summed E-state index contributed by atoms with van der Waals surface area (Å²) in [6, 6.07) is 10.5. The van der Waals surface area contributed by atoms with Crippen molar-refractivity contribution >= 4 is 28.4 Å². The number of halogens is 2. The third-order valence-electron chi connectivity index (χ3n) is 6.42. The minimum absolute atomic E-state index is 0.399. The number of thioether (sulfide) groups is 1. The highest BCUT2D eigenvalue weighted by molar-refractivity contribution is 7.98. The summed E-state index contributed by atoms with van der Waals surface area (Å²) in [5.41, 5.74) is 2.39. The van der Waals surface area contributed by atoms with Gasteiger partial charge in [-0.15, -0.1) is 11.8 Å². The van der Waals surface area contributed by atoms with Crippen LogP contribution in [0.15, 0.2) is 41.4 Å². The summed E-state index contributed by atoms with van der Waals surface area (Å²) in [5, 5.41) is 9.92. The first-order chi connectivity index (χ1) is 15.1. The van der Waals surface area contributed by atoms with E-state index in [-0.39, 0.29) is 0 Å². The van der Waals surface area contributed by atoms with Gasteiger partial charge in [-0.1, -0.05) is 0 Å². The number of nitrogens with one attached hydrogen (secondary N) is 1. The number of piperazine rings is 1. The van der Waals surface area contributed by atoms with Gasteiger partial charge in [0.2, 0.25) is 0 Å². The normalized spacial score (nSPS) is 18.7. The molecule has 0 saturated carbocycles. The molecule has 5 nitrogen and oxygen atoms in total. The van der Waals surface area contributed by atoms with Gasteiger partial charge in [0, 0.05) is 49.4 Å². The topological polar surface area (TPSA) is 36.3 Å². The van der Waals surface area contributed by atoms with Gasteiger partial charge in [-0.2, -0.15) is 5.10 Å². The third kappa shape index (κ3) is 4.16. The minimum atomic E-state index is -0.602. The van der Waals surface area contributed by atoms with E-state index in [1.54, 1.807) is 4.68 Å². The van der Waals surface area contributed by atoms with Gasteiger partial charge in [-0.05, 0) is 62.5 Å². The molecule has 2 fully saturated rings. The number of anilines is 1. The maximum Gasteiger partial charge on any atom is 0.128 e. The van der Waals surface area contributed by atoms with E-state index in [0.29, 0.717) is 11.7 Å². The Balaban J connectivity index is 1.43. The van der Waals surface area contributed by atoms with Gasteiger partial charge in [0.1, 0.15) is 16.7 Å². The average Bonchev–Trinajstić information content (AvgIpc) is 3.17. The lowest BCUT2D eigenvalue weighted by Gasteiger charge is -2.41. The Bertz CT molecular complexity index is 1050. The Kier molecular flexibility index (Phi) is 5.86. The molecule has 2 aromatic carbocycles. The summed E-state index contributed by atoms with van der Waals surface area (Å²) in [7, 11) is 0. The molecule has 0 bridgehead atoms. The monoisotopic (exact) mass is 443 g/mol. The van der Waals surface area contributed by atoms with Crippen molar-refractivity contribution < 1.29 is 8.78 Å². The second kappa shape index (κ2) is 8.76. The molecule has 2 aliphatic rings. The summed E-state index contributed by atoms with van der Waals surface area (Å²) in [6.45, 7) is 6.31. The van der Waals surface area contributed by atoms with Crippen LogP contribution >= 0.6 is 11.8 Å². The van der Waals surface area contributed by atoms with Gasteiger partial charge in [-0.25, -0.2) is 13.5 Å². The van der Waals surface area contributed by atoms with Crippen LogP contribution in [0, 0.1) is 11.6 Å². The maximum atomic E-state index is 13.9. The molecule has 5 rings (SSSR count). The fraction of sp³-hybridized carbons (Fsp3) is 0.435. The van der Waals surface area contributed by atoms with Crippen molar-refractivity contribution in [3.63, 3.8) is 0 Å². The van der Waals surface area contributed by atoms with Crippen LogP contribution in [0.5, 0.6) is 0 Å². The lowest BCUT2D eigenvalue weighted by Crippen LogP contribution is -2.52. The first-order valence-corrected chi connectivity index (χ1v) is 12.1. The molecule has 1 aromatic heterocycles. The van der Waals surface area contributed by atoms with Crippen LogP contribution < -0.4 is 10.2 Å². The first-order valence-electron chi connectivity index (χ1n) is 10.9. The predicted octanol–water partition coefficient (Wildman–Crippen LogP) is 3.90. The molecule has 0 radical (unpaired) electrons. The molecule has 0 unspecified atom stereocenters. The molecule has 164 valence electrons. The van der Waals surface area contributed by atoms with Crippen LogP contribution in [-0.4, -0.2) is 66.2 Å². The van der Waals surface area contributed by atoms with Crippen molar-refractivity contribution in [2.75, 3.05) is 50.4 Å². The van der Waals surface area contributed by atoms with Crippen LogP contribution in [0.3, 0.4) is 0 Å². The number of piperidine rings is 1. The Hall–Kier alpha value is -2.16. The summed E-state index contributed by atoms with van der Waals surface area (Å²) < 4.78 is 29.4. The molecule has 0 spiro atoms. The predicted molar refractivity (Wildman–Crippen MR) is 122 cm³/mol. The smallest absolute Gasteiger partial charge is 0.128 e. The van der Waals surface area contributed by atoms with E-state index in [4.69, 9.17) is 0 Å². The lowest BCUT2D eigenvalue weighted by molar-refractivity contribution is 0.153. The Labute approximate surface area is 185 Å². The van der Waals surface area contributed by atoms with E-state index in [9.17, 15) is 8.78 Å². The van der Waals surface area contributed by atoms with Crippen molar-refractivity contribution in [3.8, 4) is 5.69 Å². The quantitative estimate of drug-likeness (QED) is 0.619. The third-order valence-corrected chi connectivity index (χ3v) is 7.11. The number of aromatic nitrogens is 2. The fourth-order valence-corrected chi connectivity index (χ4v) is 5.35. The number of benzene rings is 2. The van der Waals surface area contributed by atoms with Gasteiger partial charge in [0.05, 0.1) is 11.2 Å². The Morgan fingerprint density at radius 2 is 1.65 bits per heavy atom. The van der Waals surface area contributed by atoms with Crippen LogP contribution in [0.25, 0.3) is 16.6 Å². The van der Waals surface area contributed by atoms with Crippen molar-refractivity contribution in [3.05, 3.63) is 48.0 Å². The molecule has 8 heteroatoms. The zero-order valence-electron chi connectivity index (χ0n) is 17.7. The lowest BCUT2D eigenvalue weighted by atomic mass is 10.0. The zero-order valence-corrected chi connectivity index (χ0v) is 18.5. The molecular weight excluding hydrogens is 416 g/mol. The first kappa shape index (κ1) is 20.7. The van der Waals surface area contributed by atoms with E-state index in [2.05, 4.69) is 38.4 Å². The molecule has 2 aliphatic heterocycles. The molecule has 0 aliphatic carbocycles. The zero-order chi connectivity index (χ0) is 21.4. The highest BCUT2D eigenvalue weighted by Crippen LogP contribution is 2.32. The second-order valence-corrected chi connectivity index (χ2v) is 9.05. The molecule has 0 amide bonds. The van der Waals surface area contributed by atoms with Crippen LogP contribution in [-0.2, 0) is 0 Å². The number of nitrogens with zero attached hydrogens (tertiary/aromatic N) is 4. The standard InChI is InChI=1S/C23H27F2N5S/c1-31-23-21-3-2-19(29-10-8-28(9-11-29)18-4-6-26-7-5-18)15-22(21)30(27-23)20-13-16(24)12-17(25)14-20/h2-3,12-15,18,26H,4-11H2,1H3. The largest absolute Gasteiger partial charge is 0.369 e. The number of hydrogen-bond acceptors (Lipinski definition) is 5. The van der Waals surface area contributed by atoms with Gasteiger partial charge in [0.15, 0.2) is 0 Å². The Morgan fingerprint density at radius 1 is 0.935 bits per heavy atom. The summed E-state index contributed by atoms with van der Waals surface area (Å²) in [4.78, 5) is 5.03. The highest BCUT2D eigenvalue weighted by atomic mass is 32.2. The second-order valence-electron chi connectivity index (χ2n) is 8.25. The number of rotatable bonds is 4. The van der Waals surface area contributed by atoms with E-state index >= 15 is 0 Å². The molecule has 2 saturated heterocycles. The van der Waals surface area contributed by atoms with E-state index in [0.717, 1.165) is 67.0 Å². The molecule has 3 heterocycles. The summed E-state index contributed by atoms with van der Waals surface area (Å²) in [6.07, 6.45) is 4.42. The van der Waals surface area contributed by atoms with Gasteiger partial charge >= 0.3 is 0 Å². The molecular formula is C23H27F2N5S. The van der Waals surface area contributed by atoms with Crippen LogP contribution in [0.4, 0.5) is 14.5 Å². The van der Waals surface area contributed by atoms with E-state index in [1.165, 1.54) is 36.7 Å². The Morgan fingerprint density at radius 3 is 2.32 bits per heavy atom. The molecule has 1 N–H and O–H groups in total. The highest BCUT2D eigenvalue weighted by Gasteiger charge is 2.25. The van der Waals surface area contributed by atoms with Crippen LogP contribution in [0.1, 0.15) is 12.8 Å². The fourth-order valence-electron chi connectivity index (χ4n) is 4.80. The van der Waals surface area contributed by atoms with Gasteiger partial charge in [0.25, 0.3) is 0 Å². The van der Waals surface area contributed by atoms with Crippen molar-refractivity contribution in [2.45, 2.75) is 23.9 Å². The van der Waals surface area contributed by atoms with Crippen molar-refractivity contribution in [1.29, 1.82) is 0 Å². The molecule has 3 aromatic rings. The minimum Gasteiger partial charge on any atom is -0.369 e. The summed E-state index contributed by atoms with van der Waals surface area (Å²) in [5.74, 6) is -1.20. The maximum absolute atomic E-state index is 13.9. The van der Waals surface area contributed by atoms with Crippen molar-refractivity contribution in [1.82, 2.24) is 20.0 Å². The number of hydrogen-bond donors (Lipinski definition) is 1. The van der Waals surface area contributed by atoms with Crippen LogP contribution in [0.2, 0.25) is 0 Å². The van der Waals surface area contributed by atoms with Gasteiger partial charge < -0.3 is 10.2 Å². The van der Waals surface area contributed by atoms with Crippen molar-refractivity contribution in [2.24, 2.45) is 0 Å². The summed E-state index contributed by atoms with van der Waals surface area (Å²) >= 11 is 1.53. The van der Waals surface area contributed by atoms with Gasteiger partial charge in [-0.3, -0.25) is 4.90 Å².